The molecule has 0 radical (unpaired) electrons. The van der Waals surface area contributed by atoms with Crippen LogP contribution in [0, 0.1) is 11.8 Å². The van der Waals surface area contributed by atoms with Crippen LogP contribution >= 0.6 is 15.9 Å². The van der Waals surface area contributed by atoms with Gasteiger partial charge in [0.1, 0.15) is 0 Å². The molecule has 0 fully saturated rings. The molecule has 1 aromatic carbocycles. The first kappa shape index (κ1) is 16.7. The molecule has 19 heavy (non-hydrogen) atoms. The highest BCUT2D eigenvalue weighted by Crippen LogP contribution is 2.18. The summed E-state index contributed by atoms with van der Waals surface area (Å²) < 4.78 is 1.19. The van der Waals surface area contributed by atoms with Crippen molar-refractivity contribution in [3.63, 3.8) is 0 Å². The van der Waals surface area contributed by atoms with Gasteiger partial charge >= 0.3 is 0 Å². The van der Waals surface area contributed by atoms with E-state index in [1.807, 2.05) is 0 Å². The molecule has 1 unspecified atom stereocenters. The van der Waals surface area contributed by atoms with Crippen molar-refractivity contribution >= 4 is 15.9 Å². The minimum atomic E-state index is 0.734. The summed E-state index contributed by atoms with van der Waals surface area (Å²) in [6, 6.07) is 8.73. The van der Waals surface area contributed by atoms with Gasteiger partial charge in [-0.05, 0) is 55.5 Å². The number of hydrogen-bond donors (Lipinski definition) is 1. The van der Waals surface area contributed by atoms with E-state index in [9.17, 15) is 0 Å². The molecular weight excluding hydrogens is 298 g/mol. The molecule has 1 aromatic rings. The highest BCUT2D eigenvalue weighted by molar-refractivity contribution is 9.10. The maximum Gasteiger partial charge on any atom is 0.0177 e. The van der Waals surface area contributed by atoms with Crippen molar-refractivity contribution < 1.29 is 0 Å². The fourth-order valence-corrected chi connectivity index (χ4v) is 2.79. The third-order valence-corrected chi connectivity index (χ3v) is 3.86. The van der Waals surface area contributed by atoms with E-state index >= 15 is 0 Å². The first-order valence-electron chi connectivity index (χ1n) is 7.57. The minimum absolute atomic E-state index is 0.734. The highest BCUT2D eigenvalue weighted by atomic mass is 79.9. The van der Waals surface area contributed by atoms with Crippen molar-refractivity contribution in [1.82, 2.24) is 5.32 Å². The molecule has 0 amide bonds. The summed E-state index contributed by atoms with van der Waals surface area (Å²) in [5.74, 6) is 1.49. The van der Waals surface area contributed by atoms with Crippen LogP contribution in [0.5, 0.6) is 0 Å². The number of hydrogen-bond acceptors (Lipinski definition) is 1. The summed E-state index contributed by atoms with van der Waals surface area (Å²) in [6.45, 7) is 9.08. The van der Waals surface area contributed by atoms with Gasteiger partial charge < -0.3 is 5.32 Å². The van der Waals surface area contributed by atoms with Crippen LogP contribution in [0.3, 0.4) is 0 Å². The maximum atomic E-state index is 3.62. The fraction of sp³-hybridized carbons (Fsp3) is 0.647. The van der Waals surface area contributed by atoms with Gasteiger partial charge in [-0.3, -0.25) is 0 Å². The Morgan fingerprint density at radius 2 is 2.00 bits per heavy atom. The second kappa shape index (κ2) is 9.55. The van der Waals surface area contributed by atoms with E-state index in [1.165, 1.54) is 35.7 Å². The van der Waals surface area contributed by atoms with Crippen LogP contribution in [0.25, 0.3) is 0 Å². The molecule has 0 aliphatic rings. The minimum Gasteiger partial charge on any atom is -0.316 e. The standard InChI is InChI=1S/C17H28BrN/c1-4-5-7-16(13-19-12-14(2)3)10-15-8-6-9-17(18)11-15/h6,8-9,11,14,16,19H,4-5,7,10,12-13H2,1-3H3. The Kier molecular flexibility index (Phi) is 8.40. The van der Waals surface area contributed by atoms with Crippen molar-refractivity contribution in [2.24, 2.45) is 11.8 Å². The van der Waals surface area contributed by atoms with Crippen LogP contribution in [0.15, 0.2) is 28.7 Å². The van der Waals surface area contributed by atoms with E-state index in [1.54, 1.807) is 0 Å². The SMILES string of the molecule is CCCCC(CNCC(C)C)Cc1cccc(Br)c1. The first-order chi connectivity index (χ1) is 9.11. The van der Waals surface area contributed by atoms with Gasteiger partial charge in [-0.15, -0.1) is 0 Å². The first-order valence-corrected chi connectivity index (χ1v) is 8.36. The van der Waals surface area contributed by atoms with E-state index in [4.69, 9.17) is 0 Å². The predicted octanol–water partition coefficient (Wildman–Crippen LogP) is 5.04. The highest BCUT2D eigenvalue weighted by Gasteiger charge is 2.09. The molecule has 0 heterocycles. The van der Waals surface area contributed by atoms with Crippen molar-refractivity contribution in [2.75, 3.05) is 13.1 Å². The molecule has 0 saturated carbocycles. The largest absolute Gasteiger partial charge is 0.316 e. The van der Waals surface area contributed by atoms with Gasteiger partial charge in [0.25, 0.3) is 0 Å². The summed E-state index contributed by atoms with van der Waals surface area (Å²) in [5, 5.41) is 3.62. The van der Waals surface area contributed by atoms with Crippen LogP contribution in [0.2, 0.25) is 0 Å². The van der Waals surface area contributed by atoms with E-state index < -0.39 is 0 Å². The average Bonchev–Trinajstić information content (AvgIpc) is 2.35. The van der Waals surface area contributed by atoms with Gasteiger partial charge in [0.2, 0.25) is 0 Å². The van der Waals surface area contributed by atoms with E-state index in [0.29, 0.717) is 0 Å². The Balaban J connectivity index is 2.48. The summed E-state index contributed by atoms with van der Waals surface area (Å²) in [6.07, 6.45) is 5.14. The number of halogens is 1. The Bertz CT molecular complexity index is 349. The molecule has 1 rings (SSSR count). The van der Waals surface area contributed by atoms with E-state index in [-0.39, 0.29) is 0 Å². The molecule has 0 spiro atoms. The Labute approximate surface area is 127 Å². The van der Waals surface area contributed by atoms with Crippen molar-refractivity contribution in [2.45, 2.75) is 46.5 Å². The Morgan fingerprint density at radius 1 is 1.21 bits per heavy atom. The third-order valence-electron chi connectivity index (χ3n) is 3.36. The Hall–Kier alpha value is -0.340. The van der Waals surface area contributed by atoms with Crippen LogP contribution < -0.4 is 5.32 Å². The number of benzene rings is 1. The van der Waals surface area contributed by atoms with Crippen molar-refractivity contribution in [1.29, 1.82) is 0 Å². The van der Waals surface area contributed by atoms with Crippen molar-refractivity contribution in [3.05, 3.63) is 34.3 Å². The maximum absolute atomic E-state index is 3.62. The average molecular weight is 326 g/mol. The molecule has 0 saturated heterocycles. The Morgan fingerprint density at radius 3 is 2.63 bits per heavy atom. The molecule has 1 N–H and O–H groups in total. The summed E-state index contributed by atoms with van der Waals surface area (Å²) in [5.41, 5.74) is 1.45. The van der Waals surface area contributed by atoms with Crippen LogP contribution in [-0.2, 0) is 6.42 Å². The zero-order valence-corrected chi connectivity index (χ0v) is 14.2. The van der Waals surface area contributed by atoms with Crippen LogP contribution in [-0.4, -0.2) is 13.1 Å². The molecule has 0 bridgehead atoms. The summed E-state index contributed by atoms with van der Waals surface area (Å²) >= 11 is 3.56. The van der Waals surface area contributed by atoms with Gasteiger partial charge in [-0.1, -0.05) is 61.7 Å². The second-order valence-corrected chi connectivity index (χ2v) is 6.81. The van der Waals surface area contributed by atoms with E-state index in [2.05, 4.69) is 66.3 Å². The number of rotatable bonds is 9. The zero-order chi connectivity index (χ0) is 14.1. The summed E-state index contributed by atoms with van der Waals surface area (Å²) in [7, 11) is 0. The molecule has 1 nitrogen and oxygen atoms in total. The van der Waals surface area contributed by atoms with Crippen LogP contribution in [0.4, 0.5) is 0 Å². The number of nitrogens with one attached hydrogen (secondary N) is 1. The lowest BCUT2D eigenvalue weighted by Gasteiger charge is -2.18. The van der Waals surface area contributed by atoms with Gasteiger partial charge in [0.05, 0.1) is 0 Å². The molecule has 1 atom stereocenters. The normalized spacial score (nSPS) is 12.9. The monoisotopic (exact) mass is 325 g/mol. The van der Waals surface area contributed by atoms with E-state index in [0.717, 1.165) is 24.9 Å². The van der Waals surface area contributed by atoms with Crippen molar-refractivity contribution in [3.8, 4) is 0 Å². The molecule has 0 aliphatic heterocycles. The van der Waals surface area contributed by atoms with Gasteiger partial charge in [-0.25, -0.2) is 0 Å². The smallest absolute Gasteiger partial charge is 0.0177 e. The predicted molar refractivity (Wildman–Crippen MR) is 88.6 cm³/mol. The lowest BCUT2D eigenvalue weighted by Crippen LogP contribution is -2.27. The molecule has 0 aliphatic carbocycles. The quantitative estimate of drug-likeness (QED) is 0.670. The zero-order valence-electron chi connectivity index (χ0n) is 12.6. The fourth-order valence-electron chi connectivity index (χ4n) is 2.34. The number of unbranched alkanes of at least 4 members (excludes halogenated alkanes) is 1. The lowest BCUT2D eigenvalue weighted by molar-refractivity contribution is 0.413. The van der Waals surface area contributed by atoms with Gasteiger partial charge in [0, 0.05) is 4.47 Å². The molecular formula is C17H28BrN. The molecule has 108 valence electrons. The third kappa shape index (κ3) is 7.74. The van der Waals surface area contributed by atoms with Crippen LogP contribution in [0.1, 0.15) is 45.6 Å². The molecule has 2 heteroatoms. The molecule has 0 aromatic heterocycles. The second-order valence-electron chi connectivity index (χ2n) is 5.89. The summed E-state index contributed by atoms with van der Waals surface area (Å²) in [4.78, 5) is 0. The lowest BCUT2D eigenvalue weighted by atomic mass is 9.94. The van der Waals surface area contributed by atoms with Gasteiger partial charge in [-0.2, -0.15) is 0 Å². The topological polar surface area (TPSA) is 12.0 Å². The van der Waals surface area contributed by atoms with Gasteiger partial charge in [0.15, 0.2) is 0 Å².